The van der Waals surface area contributed by atoms with Gasteiger partial charge in [0.25, 0.3) is 0 Å². The fraction of sp³-hybridized carbons (Fsp3) is 0.0294. The molecule has 1 aliphatic rings. The van der Waals surface area contributed by atoms with Gasteiger partial charge in [0, 0.05) is 22.4 Å². The smallest absolute Gasteiger partial charge is 0.169 e. The van der Waals surface area contributed by atoms with Crippen LogP contribution in [0.4, 0.5) is 4.39 Å². The van der Waals surface area contributed by atoms with Gasteiger partial charge in [-0.05, 0) is 66.2 Å². The van der Waals surface area contributed by atoms with Gasteiger partial charge in [0.15, 0.2) is 6.17 Å². The number of benzene rings is 5. The number of hydrogen-bond donors (Lipinski definition) is 1. The number of para-hydroxylation sites is 2. The number of nitrogens with one attached hydrogen (secondary N) is 1. The molecule has 1 aromatic heterocycles. The fourth-order valence-electron chi connectivity index (χ4n) is 4.96. The van der Waals surface area contributed by atoms with Gasteiger partial charge in [-0.15, -0.1) is 0 Å². The van der Waals surface area contributed by atoms with Crippen LogP contribution in [-0.4, -0.2) is 21.2 Å². The molecule has 1 unspecified atom stereocenters. The summed E-state index contributed by atoms with van der Waals surface area (Å²) in [5, 5.41) is 3.46. The van der Waals surface area contributed by atoms with Crippen molar-refractivity contribution in [1.29, 1.82) is 0 Å². The Bertz CT molecular complexity index is 1860. The SMILES string of the molecule is Fc1ccc(-c2nc3ccccc3n2-c2ccc(C3=NC(c4ccccc4)N=C(c4ccccc4)N3)cc2)cc1. The number of halogens is 1. The van der Waals surface area contributed by atoms with Crippen LogP contribution in [0, 0.1) is 5.82 Å². The molecule has 5 aromatic carbocycles. The molecule has 1 N–H and O–H groups in total. The predicted octanol–water partition coefficient (Wildman–Crippen LogP) is 7.33. The fourth-order valence-corrected chi connectivity index (χ4v) is 4.96. The first-order valence-electron chi connectivity index (χ1n) is 13.1. The maximum absolute atomic E-state index is 13.7. The summed E-state index contributed by atoms with van der Waals surface area (Å²) in [6.07, 6.45) is -0.352. The van der Waals surface area contributed by atoms with Crippen molar-refractivity contribution in [2.45, 2.75) is 6.17 Å². The van der Waals surface area contributed by atoms with Crippen molar-refractivity contribution in [3.8, 4) is 17.1 Å². The van der Waals surface area contributed by atoms with Crippen LogP contribution in [0.2, 0.25) is 0 Å². The maximum atomic E-state index is 13.7. The zero-order valence-electron chi connectivity index (χ0n) is 21.4. The van der Waals surface area contributed by atoms with Crippen LogP contribution < -0.4 is 5.32 Å². The van der Waals surface area contributed by atoms with Crippen molar-refractivity contribution in [2.24, 2.45) is 9.98 Å². The molecule has 1 aliphatic heterocycles. The van der Waals surface area contributed by atoms with E-state index in [1.807, 2.05) is 84.9 Å². The van der Waals surface area contributed by atoms with Crippen LogP contribution in [0.1, 0.15) is 22.9 Å². The number of aliphatic imine (C=N–C) groups is 2. The van der Waals surface area contributed by atoms with Crippen molar-refractivity contribution < 1.29 is 4.39 Å². The molecule has 6 heteroatoms. The zero-order chi connectivity index (χ0) is 26.9. The summed E-state index contributed by atoms with van der Waals surface area (Å²) in [6.45, 7) is 0. The third-order valence-corrected chi connectivity index (χ3v) is 6.95. The third-order valence-electron chi connectivity index (χ3n) is 6.95. The van der Waals surface area contributed by atoms with Gasteiger partial charge in [0.1, 0.15) is 23.3 Å². The summed E-state index contributed by atoms with van der Waals surface area (Å²) in [7, 11) is 0. The van der Waals surface area contributed by atoms with Crippen molar-refractivity contribution in [3.05, 3.63) is 156 Å². The van der Waals surface area contributed by atoms with Crippen LogP contribution in [0.5, 0.6) is 0 Å². The maximum Gasteiger partial charge on any atom is 0.169 e. The molecule has 5 nitrogen and oxygen atoms in total. The molecule has 7 rings (SSSR count). The first-order chi connectivity index (χ1) is 19.7. The number of fused-ring (bicyclic) bond motifs is 1. The highest BCUT2D eigenvalue weighted by Crippen LogP contribution is 2.30. The van der Waals surface area contributed by atoms with E-state index in [1.54, 1.807) is 12.1 Å². The molecule has 192 valence electrons. The lowest BCUT2D eigenvalue weighted by Crippen LogP contribution is -2.36. The minimum absolute atomic E-state index is 0.274. The van der Waals surface area contributed by atoms with E-state index >= 15 is 0 Å². The second kappa shape index (κ2) is 10.1. The Morgan fingerprint density at radius 2 is 1.15 bits per heavy atom. The van der Waals surface area contributed by atoms with Crippen LogP contribution in [0.25, 0.3) is 28.1 Å². The van der Waals surface area contributed by atoms with Crippen LogP contribution >= 0.6 is 0 Å². The molecule has 40 heavy (non-hydrogen) atoms. The molecular weight excluding hydrogens is 497 g/mol. The molecule has 0 saturated heterocycles. The largest absolute Gasteiger partial charge is 0.324 e. The lowest BCUT2D eigenvalue weighted by atomic mass is 10.1. The number of imidazole rings is 1. The van der Waals surface area contributed by atoms with Gasteiger partial charge in [-0.3, -0.25) is 4.57 Å². The number of rotatable bonds is 5. The van der Waals surface area contributed by atoms with E-state index in [4.69, 9.17) is 15.0 Å². The van der Waals surface area contributed by atoms with Crippen molar-refractivity contribution in [3.63, 3.8) is 0 Å². The van der Waals surface area contributed by atoms with Crippen molar-refractivity contribution >= 4 is 22.7 Å². The van der Waals surface area contributed by atoms with E-state index in [-0.39, 0.29) is 12.0 Å². The first-order valence-corrected chi connectivity index (χ1v) is 13.1. The Labute approximate surface area is 231 Å². The molecule has 0 bridgehead atoms. The number of nitrogens with zero attached hydrogens (tertiary/aromatic N) is 4. The number of hydrogen-bond acceptors (Lipinski definition) is 4. The van der Waals surface area contributed by atoms with Gasteiger partial charge >= 0.3 is 0 Å². The Kier molecular flexibility index (Phi) is 5.98. The van der Waals surface area contributed by atoms with Crippen LogP contribution in [-0.2, 0) is 0 Å². The van der Waals surface area contributed by atoms with Gasteiger partial charge in [0.2, 0.25) is 0 Å². The minimum atomic E-state index is -0.352. The van der Waals surface area contributed by atoms with Crippen molar-refractivity contribution in [2.75, 3.05) is 0 Å². The molecule has 0 saturated carbocycles. The second-order valence-electron chi connectivity index (χ2n) is 9.54. The highest BCUT2D eigenvalue weighted by molar-refractivity contribution is 6.15. The Morgan fingerprint density at radius 3 is 1.85 bits per heavy atom. The van der Waals surface area contributed by atoms with Gasteiger partial charge < -0.3 is 5.32 Å². The summed E-state index contributed by atoms with van der Waals surface area (Å²) >= 11 is 0. The average molecular weight is 522 g/mol. The molecule has 0 spiro atoms. The molecule has 0 fully saturated rings. The Hall–Kier alpha value is -5.36. The second-order valence-corrected chi connectivity index (χ2v) is 9.54. The van der Waals surface area contributed by atoms with E-state index in [1.165, 1.54) is 12.1 Å². The Balaban J connectivity index is 1.29. The normalized spacial score (nSPS) is 14.9. The number of amidine groups is 2. The van der Waals surface area contributed by atoms with Crippen LogP contribution in [0.3, 0.4) is 0 Å². The average Bonchev–Trinajstić information content (AvgIpc) is 3.42. The highest BCUT2D eigenvalue weighted by atomic mass is 19.1. The monoisotopic (exact) mass is 521 g/mol. The Morgan fingerprint density at radius 1 is 0.575 bits per heavy atom. The summed E-state index contributed by atoms with van der Waals surface area (Å²) in [5.74, 6) is 2.01. The molecule has 6 aromatic rings. The highest BCUT2D eigenvalue weighted by Gasteiger charge is 2.21. The van der Waals surface area contributed by atoms with Crippen LogP contribution in [0.15, 0.2) is 143 Å². The summed E-state index contributed by atoms with van der Waals surface area (Å²) in [6, 6.07) is 42.9. The molecule has 1 atom stereocenters. The summed E-state index contributed by atoms with van der Waals surface area (Å²) in [4.78, 5) is 14.8. The molecule has 0 amide bonds. The summed E-state index contributed by atoms with van der Waals surface area (Å²) in [5.41, 5.74) is 6.62. The zero-order valence-corrected chi connectivity index (χ0v) is 21.4. The molecular formula is C34H24FN5. The van der Waals surface area contributed by atoms with Crippen molar-refractivity contribution in [1.82, 2.24) is 14.9 Å². The summed E-state index contributed by atoms with van der Waals surface area (Å²) < 4.78 is 15.8. The topological polar surface area (TPSA) is 54.6 Å². The molecule has 2 heterocycles. The first kappa shape index (κ1) is 23.7. The van der Waals surface area contributed by atoms with E-state index in [0.29, 0.717) is 0 Å². The minimum Gasteiger partial charge on any atom is -0.324 e. The molecule has 0 radical (unpaired) electrons. The van der Waals surface area contributed by atoms with E-state index in [9.17, 15) is 4.39 Å². The van der Waals surface area contributed by atoms with Gasteiger partial charge in [-0.25, -0.2) is 19.4 Å². The third kappa shape index (κ3) is 4.46. The van der Waals surface area contributed by atoms with Gasteiger partial charge in [0.05, 0.1) is 11.0 Å². The van der Waals surface area contributed by atoms with Gasteiger partial charge in [-0.2, -0.15) is 0 Å². The number of aromatic nitrogens is 2. The van der Waals surface area contributed by atoms with E-state index < -0.39 is 0 Å². The molecule has 0 aliphatic carbocycles. The van der Waals surface area contributed by atoms with Gasteiger partial charge in [-0.1, -0.05) is 72.8 Å². The predicted molar refractivity (Wildman–Crippen MR) is 158 cm³/mol. The lowest BCUT2D eigenvalue weighted by Gasteiger charge is -2.22. The lowest BCUT2D eigenvalue weighted by molar-refractivity contribution is 0.628. The van der Waals surface area contributed by atoms with E-state index in [0.717, 1.165) is 56.5 Å². The van der Waals surface area contributed by atoms with E-state index in [2.05, 4.69) is 34.1 Å². The standard InChI is InChI=1S/C34H24FN5/c35-27-19-15-26(16-20-27)34-36-29-13-7-8-14-30(29)40(34)28-21-17-25(18-22-28)33-38-31(23-9-3-1-4-10-23)37-32(39-33)24-11-5-2-6-12-24/h1-22,31H,(H,37,38,39). The quantitative estimate of drug-likeness (QED) is 0.258.